The summed E-state index contributed by atoms with van der Waals surface area (Å²) in [6, 6.07) is 13.7. The normalized spacial score (nSPS) is 13.5. The second kappa shape index (κ2) is 9.66. The zero-order valence-electron chi connectivity index (χ0n) is 12.2. The predicted octanol–water partition coefficient (Wildman–Crippen LogP) is 3.40. The molecule has 4 rings (SSSR count). The van der Waals surface area contributed by atoms with Gasteiger partial charge in [0.15, 0.2) is 0 Å². The van der Waals surface area contributed by atoms with Crippen molar-refractivity contribution < 1.29 is 0 Å². The monoisotopic (exact) mass is 282 g/mol. The summed E-state index contributed by atoms with van der Waals surface area (Å²) >= 11 is 0. The first-order valence-electron chi connectivity index (χ1n) is 7.40. The van der Waals surface area contributed by atoms with Crippen LogP contribution in [0.2, 0.25) is 0 Å². The smallest absolute Gasteiger partial charge is 0.0931 e. The number of H-pyrrole nitrogens is 1. The fourth-order valence-electron chi connectivity index (χ4n) is 1.99. The van der Waals surface area contributed by atoms with E-state index < -0.39 is 0 Å². The summed E-state index contributed by atoms with van der Waals surface area (Å²) in [5.74, 6) is 0. The van der Waals surface area contributed by atoms with Crippen LogP contribution in [-0.2, 0) is 0 Å². The average molecular weight is 282 g/mol. The second-order valence-corrected chi connectivity index (χ2v) is 4.75. The number of imidazole rings is 1. The first-order chi connectivity index (χ1) is 10.5. The molecule has 0 spiro atoms. The summed E-state index contributed by atoms with van der Waals surface area (Å²) in [4.78, 5) is 10.9. The predicted molar refractivity (Wildman–Crippen MR) is 87.1 cm³/mol. The van der Waals surface area contributed by atoms with Crippen LogP contribution in [0, 0.1) is 0 Å². The molecule has 3 heterocycles. The maximum absolute atomic E-state index is 4.06. The molecule has 1 aliphatic heterocycles. The summed E-state index contributed by atoms with van der Waals surface area (Å²) in [5.41, 5.74) is 2.12. The highest BCUT2D eigenvalue weighted by molar-refractivity contribution is 5.73. The molecule has 0 aliphatic carbocycles. The van der Waals surface area contributed by atoms with E-state index in [1.165, 1.54) is 32.4 Å². The molecule has 1 aliphatic rings. The average Bonchev–Trinajstić information content (AvgIpc) is 3.08. The standard InChI is InChI=1S/C7H6N2.C5H11N.C5H5N/c1-2-4-7-6(3-1)8-5-9-7;2*1-2-4-6-5-3-1/h1-5H,(H,8,9);6H,1-5H2;1-5H. The van der Waals surface area contributed by atoms with Gasteiger partial charge in [-0.15, -0.1) is 0 Å². The Kier molecular flexibility index (Phi) is 6.99. The van der Waals surface area contributed by atoms with Crippen molar-refractivity contribution in [1.82, 2.24) is 20.3 Å². The number of aromatic nitrogens is 3. The maximum Gasteiger partial charge on any atom is 0.0931 e. The number of benzene rings is 1. The van der Waals surface area contributed by atoms with Crippen LogP contribution in [0.15, 0.2) is 61.2 Å². The van der Waals surface area contributed by atoms with E-state index in [-0.39, 0.29) is 0 Å². The highest BCUT2D eigenvalue weighted by atomic mass is 14.9. The van der Waals surface area contributed by atoms with Crippen molar-refractivity contribution in [2.75, 3.05) is 13.1 Å². The van der Waals surface area contributed by atoms with Gasteiger partial charge in [0.1, 0.15) is 0 Å². The molecule has 110 valence electrons. The number of fused-ring (bicyclic) bond motifs is 1. The van der Waals surface area contributed by atoms with Crippen LogP contribution in [-0.4, -0.2) is 28.0 Å². The highest BCUT2D eigenvalue weighted by Gasteiger charge is 1.93. The van der Waals surface area contributed by atoms with Crippen molar-refractivity contribution in [2.45, 2.75) is 19.3 Å². The Bertz CT molecular complexity index is 519. The lowest BCUT2D eigenvalue weighted by Gasteiger charge is -2.08. The lowest BCUT2D eigenvalue weighted by Crippen LogP contribution is -2.21. The minimum atomic E-state index is 1.03. The van der Waals surface area contributed by atoms with E-state index in [4.69, 9.17) is 0 Å². The van der Waals surface area contributed by atoms with Crippen LogP contribution in [0.25, 0.3) is 11.0 Å². The van der Waals surface area contributed by atoms with Crippen LogP contribution in [0.5, 0.6) is 0 Å². The SMILES string of the molecule is C1CCNCC1.c1ccc2[nH]cnc2c1.c1ccncc1. The topological polar surface area (TPSA) is 53.6 Å². The summed E-state index contributed by atoms with van der Waals surface area (Å²) in [5, 5.41) is 3.28. The Morgan fingerprint density at radius 1 is 0.810 bits per heavy atom. The third-order valence-electron chi connectivity index (χ3n) is 3.10. The van der Waals surface area contributed by atoms with E-state index in [0.29, 0.717) is 0 Å². The number of nitrogens with one attached hydrogen (secondary N) is 2. The Balaban J connectivity index is 0.000000120. The van der Waals surface area contributed by atoms with Crippen molar-refractivity contribution in [1.29, 1.82) is 0 Å². The molecule has 0 radical (unpaired) electrons. The molecule has 1 aromatic carbocycles. The second-order valence-electron chi connectivity index (χ2n) is 4.75. The highest BCUT2D eigenvalue weighted by Crippen LogP contribution is 2.05. The third-order valence-corrected chi connectivity index (χ3v) is 3.10. The molecule has 0 unspecified atom stereocenters. The lowest BCUT2D eigenvalue weighted by molar-refractivity contribution is 0.520. The number of pyridine rings is 1. The number of rotatable bonds is 0. The third kappa shape index (κ3) is 6.19. The van der Waals surface area contributed by atoms with Crippen LogP contribution in [0.4, 0.5) is 0 Å². The van der Waals surface area contributed by atoms with Crippen molar-refractivity contribution in [3.05, 3.63) is 61.2 Å². The summed E-state index contributed by atoms with van der Waals surface area (Å²) in [6.45, 7) is 2.50. The quantitative estimate of drug-likeness (QED) is 0.664. The molecule has 0 atom stereocenters. The van der Waals surface area contributed by atoms with Gasteiger partial charge in [-0.1, -0.05) is 24.6 Å². The molecule has 1 fully saturated rings. The number of aromatic amines is 1. The van der Waals surface area contributed by atoms with E-state index in [1.807, 2.05) is 42.5 Å². The molecular weight excluding hydrogens is 260 g/mol. The van der Waals surface area contributed by atoms with Crippen LogP contribution in [0.1, 0.15) is 19.3 Å². The molecule has 3 aromatic rings. The molecule has 2 N–H and O–H groups in total. The number of piperidine rings is 1. The molecule has 0 bridgehead atoms. The first-order valence-corrected chi connectivity index (χ1v) is 7.40. The Morgan fingerprint density at radius 3 is 2.05 bits per heavy atom. The van der Waals surface area contributed by atoms with Crippen molar-refractivity contribution >= 4 is 11.0 Å². The maximum atomic E-state index is 4.06. The molecule has 4 nitrogen and oxygen atoms in total. The van der Waals surface area contributed by atoms with Gasteiger partial charge >= 0.3 is 0 Å². The number of hydrogen-bond donors (Lipinski definition) is 2. The number of para-hydroxylation sites is 2. The van der Waals surface area contributed by atoms with Gasteiger partial charge in [0.2, 0.25) is 0 Å². The molecule has 0 saturated carbocycles. The molecule has 2 aromatic heterocycles. The minimum Gasteiger partial charge on any atom is -0.345 e. The minimum absolute atomic E-state index is 1.03. The van der Waals surface area contributed by atoms with Crippen molar-refractivity contribution in [2.24, 2.45) is 0 Å². The van der Waals surface area contributed by atoms with E-state index in [1.54, 1.807) is 18.7 Å². The van der Waals surface area contributed by atoms with Crippen LogP contribution >= 0.6 is 0 Å². The fraction of sp³-hybridized carbons (Fsp3) is 0.294. The van der Waals surface area contributed by atoms with Crippen molar-refractivity contribution in [3.63, 3.8) is 0 Å². The molecular formula is C17H22N4. The van der Waals surface area contributed by atoms with Gasteiger partial charge < -0.3 is 10.3 Å². The first kappa shape index (κ1) is 15.2. The number of nitrogens with zero attached hydrogens (tertiary/aromatic N) is 2. The summed E-state index contributed by atoms with van der Waals surface area (Å²) < 4.78 is 0. The van der Waals surface area contributed by atoms with Crippen LogP contribution < -0.4 is 5.32 Å². The fourth-order valence-corrected chi connectivity index (χ4v) is 1.99. The molecule has 0 amide bonds. The van der Waals surface area contributed by atoms with Gasteiger partial charge in [-0.25, -0.2) is 4.98 Å². The van der Waals surface area contributed by atoms with Crippen LogP contribution in [0.3, 0.4) is 0 Å². The molecule has 1 saturated heterocycles. The van der Waals surface area contributed by atoms with Gasteiger partial charge in [0.25, 0.3) is 0 Å². The van der Waals surface area contributed by atoms with Gasteiger partial charge in [0.05, 0.1) is 17.4 Å². The Morgan fingerprint density at radius 2 is 1.57 bits per heavy atom. The van der Waals surface area contributed by atoms with E-state index in [0.717, 1.165) is 11.0 Å². The van der Waals surface area contributed by atoms with E-state index in [9.17, 15) is 0 Å². The van der Waals surface area contributed by atoms with Gasteiger partial charge in [0, 0.05) is 12.4 Å². The summed E-state index contributed by atoms with van der Waals surface area (Å²) in [7, 11) is 0. The van der Waals surface area contributed by atoms with Gasteiger partial charge in [-0.2, -0.15) is 0 Å². The summed E-state index contributed by atoms with van der Waals surface area (Å²) in [6.07, 6.45) is 9.41. The zero-order valence-corrected chi connectivity index (χ0v) is 12.2. The number of hydrogen-bond acceptors (Lipinski definition) is 3. The zero-order chi connectivity index (χ0) is 14.6. The Labute approximate surface area is 125 Å². The lowest BCUT2D eigenvalue weighted by atomic mass is 10.2. The van der Waals surface area contributed by atoms with E-state index >= 15 is 0 Å². The largest absolute Gasteiger partial charge is 0.345 e. The van der Waals surface area contributed by atoms with Gasteiger partial charge in [-0.05, 0) is 50.2 Å². The molecule has 4 heteroatoms. The Hall–Kier alpha value is -2.20. The van der Waals surface area contributed by atoms with E-state index in [2.05, 4.69) is 20.3 Å². The van der Waals surface area contributed by atoms with Gasteiger partial charge in [-0.3, -0.25) is 4.98 Å². The molecule has 21 heavy (non-hydrogen) atoms. The van der Waals surface area contributed by atoms with Crippen molar-refractivity contribution in [3.8, 4) is 0 Å².